The molecule has 1 aromatic carbocycles. The van der Waals surface area contributed by atoms with Gasteiger partial charge >= 0.3 is 0 Å². The summed E-state index contributed by atoms with van der Waals surface area (Å²) in [6.07, 6.45) is 6.98. The maximum absolute atomic E-state index is 5.95. The lowest BCUT2D eigenvalue weighted by Gasteiger charge is -2.12. The number of nitrogens with one attached hydrogen (secondary N) is 1. The second-order valence-electron chi connectivity index (χ2n) is 6.49. The van der Waals surface area contributed by atoms with Gasteiger partial charge in [-0.2, -0.15) is 5.10 Å². The van der Waals surface area contributed by atoms with Crippen LogP contribution in [0.5, 0.6) is 0 Å². The highest BCUT2D eigenvalue weighted by Gasteiger charge is 2.29. The van der Waals surface area contributed by atoms with Crippen molar-refractivity contribution >= 4 is 5.82 Å². The molecular weight excluding hydrogens is 286 g/mol. The fourth-order valence-corrected chi connectivity index (χ4v) is 3.77. The quantitative estimate of drug-likeness (QED) is 0.930. The summed E-state index contributed by atoms with van der Waals surface area (Å²) in [5.41, 5.74) is 5.07. The zero-order valence-electron chi connectivity index (χ0n) is 13.8. The molecule has 1 aromatic heterocycles. The normalized spacial score (nSPS) is 20.8. The third kappa shape index (κ3) is 2.65. The summed E-state index contributed by atoms with van der Waals surface area (Å²) in [6, 6.07) is 8.59. The molecule has 0 bridgehead atoms. The summed E-state index contributed by atoms with van der Waals surface area (Å²) >= 11 is 0. The van der Waals surface area contributed by atoms with Crippen molar-refractivity contribution in [1.82, 2.24) is 9.78 Å². The highest BCUT2D eigenvalue weighted by atomic mass is 16.5. The molecule has 4 heteroatoms. The van der Waals surface area contributed by atoms with Gasteiger partial charge in [0.2, 0.25) is 0 Å². The molecule has 0 radical (unpaired) electrons. The lowest BCUT2D eigenvalue weighted by Crippen LogP contribution is -2.09. The van der Waals surface area contributed by atoms with Crippen LogP contribution < -0.4 is 5.32 Å². The lowest BCUT2D eigenvalue weighted by molar-refractivity contribution is 0.107. The summed E-state index contributed by atoms with van der Waals surface area (Å²) in [6.45, 7) is 4.10. The topological polar surface area (TPSA) is 39.1 Å². The molecule has 1 atom stereocenters. The molecule has 23 heavy (non-hydrogen) atoms. The van der Waals surface area contributed by atoms with Crippen LogP contribution in [0.25, 0.3) is 5.69 Å². The van der Waals surface area contributed by atoms with E-state index >= 15 is 0 Å². The van der Waals surface area contributed by atoms with E-state index in [4.69, 9.17) is 9.84 Å². The van der Waals surface area contributed by atoms with Gasteiger partial charge in [0, 0.05) is 18.7 Å². The Morgan fingerprint density at radius 1 is 1.26 bits per heavy atom. The van der Waals surface area contributed by atoms with Crippen LogP contribution in [0.1, 0.15) is 55.5 Å². The molecule has 0 amide bonds. The summed E-state index contributed by atoms with van der Waals surface area (Å²) in [7, 11) is 0. The van der Waals surface area contributed by atoms with Crippen LogP contribution in [0, 0.1) is 0 Å². The number of ether oxygens (including phenoxy) is 1. The lowest BCUT2D eigenvalue weighted by atomic mass is 10.0. The highest BCUT2D eigenvalue weighted by molar-refractivity contribution is 5.56. The minimum atomic E-state index is 0.179. The van der Waals surface area contributed by atoms with Crippen LogP contribution in [0.3, 0.4) is 0 Å². The van der Waals surface area contributed by atoms with Gasteiger partial charge in [0.15, 0.2) is 0 Å². The van der Waals surface area contributed by atoms with E-state index in [1.807, 2.05) is 0 Å². The van der Waals surface area contributed by atoms with Crippen LogP contribution >= 0.6 is 0 Å². The molecule has 4 nitrogen and oxygen atoms in total. The van der Waals surface area contributed by atoms with Crippen LogP contribution in [0.2, 0.25) is 0 Å². The Labute approximate surface area is 137 Å². The fraction of sp³-hybridized carbons (Fsp3) is 0.526. The van der Waals surface area contributed by atoms with Crippen LogP contribution in [-0.4, -0.2) is 22.9 Å². The SMILES string of the molecule is CCc1ccccc1-n1nc(C2CCCO2)c2c1NCCCC2. The van der Waals surface area contributed by atoms with E-state index in [1.165, 1.54) is 35.5 Å². The summed E-state index contributed by atoms with van der Waals surface area (Å²) < 4.78 is 8.08. The van der Waals surface area contributed by atoms with Gasteiger partial charge in [-0.1, -0.05) is 25.1 Å². The zero-order chi connectivity index (χ0) is 15.6. The summed E-state index contributed by atoms with van der Waals surface area (Å²) in [5.74, 6) is 1.19. The van der Waals surface area contributed by atoms with Crippen LogP contribution in [-0.2, 0) is 17.6 Å². The van der Waals surface area contributed by atoms with Gasteiger partial charge in [0.25, 0.3) is 0 Å². The van der Waals surface area contributed by atoms with E-state index in [9.17, 15) is 0 Å². The molecule has 0 aliphatic carbocycles. The Kier molecular flexibility index (Phi) is 4.08. The number of para-hydroxylation sites is 1. The van der Waals surface area contributed by atoms with Crippen molar-refractivity contribution in [3.05, 3.63) is 41.1 Å². The standard InChI is InChI=1S/C19H25N3O/c1-2-14-8-3-4-10-16(14)22-19-15(9-5-6-12-20-19)18(21-22)17-11-7-13-23-17/h3-4,8,10,17,20H,2,5-7,9,11-13H2,1H3. The fourth-order valence-electron chi connectivity index (χ4n) is 3.77. The zero-order valence-corrected chi connectivity index (χ0v) is 13.8. The first-order chi connectivity index (χ1) is 11.4. The molecule has 2 aliphatic rings. The Hall–Kier alpha value is -1.81. The Bertz CT molecular complexity index is 686. The van der Waals surface area contributed by atoms with Crippen molar-refractivity contribution in [3.8, 4) is 5.69 Å². The Morgan fingerprint density at radius 3 is 3.00 bits per heavy atom. The number of nitrogens with zero attached hydrogens (tertiary/aromatic N) is 2. The number of benzene rings is 1. The molecule has 4 rings (SSSR count). The van der Waals surface area contributed by atoms with Crippen molar-refractivity contribution in [2.75, 3.05) is 18.5 Å². The monoisotopic (exact) mass is 311 g/mol. The second-order valence-corrected chi connectivity index (χ2v) is 6.49. The first-order valence-corrected chi connectivity index (χ1v) is 8.94. The predicted octanol–water partition coefficient (Wildman–Crippen LogP) is 4.03. The van der Waals surface area contributed by atoms with Gasteiger partial charge in [-0.15, -0.1) is 0 Å². The molecule has 1 fully saturated rings. The maximum atomic E-state index is 5.95. The van der Waals surface area contributed by atoms with E-state index in [2.05, 4.69) is 41.2 Å². The average Bonchev–Trinajstić information content (AvgIpc) is 3.17. The number of aromatic nitrogens is 2. The largest absolute Gasteiger partial charge is 0.372 e. The van der Waals surface area contributed by atoms with Crippen LogP contribution in [0.15, 0.2) is 24.3 Å². The number of hydrogen-bond acceptors (Lipinski definition) is 3. The smallest absolute Gasteiger partial charge is 0.133 e. The first kappa shape index (κ1) is 14.8. The van der Waals surface area contributed by atoms with Crippen molar-refractivity contribution in [3.63, 3.8) is 0 Å². The minimum Gasteiger partial charge on any atom is -0.372 e. The molecular formula is C19H25N3O. The highest BCUT2D eigenvalue weighted by Crippen LogP contribution is 2.37. The van der Waals surface area contributed by atoms with Crippen molar-refractivity contribution < 1.29 is 4.74 Å². The summed E-state index contributed by atoms with van der Waals surface area (Å²) in [4.78, 5) is 0. The van der Waals surface area contributed by atoms with Crippen LogP contribution in [0.4, 0.5) is 5.82 Å². The van der Waals surface area contributed by atoms with Crippen molar-refractivity contribution in [2.45, 2.75) is 51.6 Å². The molecule has 0 spiro atoms. The third-order valence-corrected chi connectivity index (χ3v) is 5.00. The molecule has 2 aromatic rings. The molecule has 1 saturated heterocycles. The van der Waals surface area contributed by atoms with Crippen molar-refractivity contribution in [1.29, 1.82) is 0 Å². The van der Waals surface area contributed by atoms with Gasteiger partial charge in [-0.25, -0.2) is 4.68 Å². The molecule has 0 saturated carbocycles. The van der Waals surface area contributed by atoms with E-state index in [1.54, 1.807) is 0 Å². The maximum Gasteiger partial charge on any atom is 0.133 e. The van der Waals surface area contributed by atoms with Crippen molar-refractivity contribution in [2.24, 2.45) is 0 Å². The molecule has 1 unspecified atom stereocenters. The van der Waals surface area contributed by atoms with E-state index in [0.29, 0.717) is 0 Å². The third-order valence-electron chi connectivity index (χ3n) is 5.00. The first-order valence-electron chi connectivity index (χ1n) is 8.94. The Balaban J connectivity index is 1.86. The Morgan fingerprint density at radius 2 is 2.17 bits per heavy atom. The number of fused-ring (bicyclic) bond motifs is 1. The van der Waals surface area contributed by atoms with Gasteiger partial charge in [0.05, 0.1) is 11.4 Å². The second kappa shape index (κ2) is 6.36. The number of rotatable bonds is 3. The molecule has 122 valence electrons. The van der Waals surface area contributed by atoms with Gasteiger partial charge in [-0.3, -0.25) is 0 Å². The van der Waals surface area contributed by atoms with E-state index < -0.39 is 0 Å². The number of hydrogen-bond donors (Lipinski definition) is 1. The predicted molar refractivity (Wildman–Crippen MR) is 92.3 cm³/mol. The summed E-state index contributed by atoms with van der Waals surface area (Å²) in [5, 5.41) is 8.66. The molecule has 2 aliphatic heterocycles. The van der Waals surface area contributed by atoms with E-state index in [-0.39, 0.29) is 6.10 Å². The van der Waals surface area contributed by atoms with Gasteiger partial charge in [-0.05, 0) is 50.2 Å². The number of aryl methyl sites for hydroxylation is 1. The van der Waals surface area contributed by atoms with E-state index in [0.717, 1.165) is 44.5 Å². The number of anilines is 1. The molecule has 3 heterocycles. The minimum absolute atomic E-state index is 0.179. The van der Waals surface area contributed by atoms with Gasteiger partial charge < -0.3 is 10.1 Å². The molecule has 1 N–H and O–H groups in total. The average molecular weight is 311 g/mol. The van der Waals surface area contributed by atoms with Gasteiger partial charge in [0.1, 0.15) is 11.9 Å².